The SMILES string of the molecule is CC1(Oc2ncnc3c2nc(-c2ccc(OCCCOCCC(=O)O)cc2Cl)n3Cc2cccc(Cl)c2)CC1. The quantitative estimate of drug-likeness (QED) is 0.194. The van der Waals surface area contributed by atoms with Crippen LogP contribution in [0.2, 0.25) is 10.0 Å². The lowest BCUT2D eigenvalue weighted by Gasteiger charge is -2.12. The van der Waals surface area contributed by atoms with Crippen LogP contribution < -0.4 is 9.47 Å². The number of aromatic nitrogens is 4. The lowest BCUT2D eigenvalue weighted by molar-refractivity contribution is -0.138. The first-order chi connectivity index (χ1) is 18.8. The first-order valence-corrected chi connectivity index (χ1v) is 13.4. The third-order valence-electron chi connectivity index (χ3n) is 6.37. The van der Waals surface area contributed by atoms with Crippen LogP contribution in [0.3, 0.4) is 0 Å². The highest BCUT2D eigenvalue weighted by molar-refractivity contribution is 6.33. The Bertz CT molecular complexity index is 1490. The summed E-state index contributed by atoms with van der Waals surface area (Å²) >= 11 is 13.0. The van der Waals surface area contributed by atoms with Crippen molar-refractivity contribution in [2.75, 3.05) is 19.8 Å². The minimum atomic E-state index is -0.880. The maximum atomic E-state index is 10.5. The molecule has 9 nitrogen and oxygen atoms in total. The Hall–Kier alpha value is -3.40. The molecular weight excluding hydrogens is 543 g/mol. The number of imidazole rings is 1. The Morgan fingerprint density at radius 1 is 1.10 bits per heavy atom. The standard InChI is InChI=1S/C28H28Cl2N4O5/c1-28(9-10-28)39-27-24-26(31-17-32-27)34(16-18-4-2-5-19(29)14-18)25(33-24)21-7-6-20(15-22(21)30)38-12-3-11-37-13-8-23(35)36/h2,4-7,14-15,17H,3,8-13,16H2,1H3,(H,35,36). The highest BCUT2D eigenvalue weighted by Crippen LogP contribution is 2.41. The number of halogens is 2. The number of carbonyl (C=O) groups is 1. The number of benzene rings is 2. The van der Waals surface area contributed by atoms with Gasteiger partial charge in [-0.1, -0.05) is 35.3 Å². The van der Waals surface area contributed by atoms with Crippen molar-refractivity contribution in [3.8, 4) is 23.0 Å². The third kappa shape index (κ3) is 6.79. The topological polar surface area (TPSA) is 109 Å². The largest absolute Gasteiger partial charge is 0.493 e. The lowest BCUT2D eigenvalue weighted by atomic mass is 10.2. The molecule has 1 saturated carbocycles. The van der Waals surface area contributed by atoms with Crippen LogP contribution in [0, 0.1) is 0 Å². The second kappa shape index (κ2) is 11.8. The van der Waals surface area contributed by atoms with Crippen LogP contribution >= 0.6 is 23.2 Å². The number of carboxylic acids is 1. The molecule has 0 atom stereocenters. The molecule has 2 aromatic heterocycles. The summed E-state index contributed by atoms with van der Waals surface area (Å²) in [5.41, 5.74) is 2.68. The Balaban J connectivity index is 1.40. The van der Waals surface area contributed by atoms with Crippen LogP contribution in [0.1, 0.15) is 38.2 Å². The average molecular weight is 571 g/mol. The fourth-order valence-electron chi connectivity index (χ4n) is 4.05. The van der Waals surface area contributed by atoms with E-state index in [1.807, 2.05) is 41.0 Å². The van der Waals surface area contributed by atoms with E-state index in [-0.39, 0.29) is 18.6 Å². The monoisotopic (exact) mass is 570 g/mol. The van der Waals surface area contributed by atoms with Gasteiger partial charge in [-0.3, -0.25) is 4.79 Å². The van der Waals surface area contributed by atoms with Crippen LogP contribution in [0.15, 0.2) is 48.8 Å². The molecule has 0 unspecified atom stereocenters. The summed E-state index contributed by atoms with van der Waals surface area (Å²) in [6.45, 7) is 3.53. The van der Waals surface area contributed by atoms with E-state index in [1.165, 1.54) is 6.33 Å². The van der Waals surface area contributed by atoms with E-state index >= 15 is 0 Å². The number of hydrogen-bond acceptors (Lipinski definition) is 7. The summed E-state index contributed by atoms with van der Waals surface area (Å²) in [5, 5.41) is 9.77. The molecule has 204 valence electrons. The molecule has 1 aliphatic rings. The summed E-state index contributed by atoms with van der Waals surface area (Å²) in [6, 6.07) is 13.1. The molecule has 0 saturated heterocycles. The van der Waals surface area contributed by atoms with Gasteiger partial charge in [0, 0.05) is 23.6 Å². The molecule has 0 radical (unpaired) electrons. The van der Waals surface area contributed by atoms with Crippen molar-refractivity contribution in [3.05, 3.63) is 64.4 Å². The Morgan fingerprint density at radius 3 is 2.69 bits per heavy atom. The van der Waals surface area contributed by atoms with Gasteiger partial charge in [0.1, 0.15) is 23.5 Å². The van der Waals surface area contributed by atoms with E-state index in [0.717, 1.165) is 18.4 Å². The normalized spacial score (nSPS) is 13.9. The zero-order valence-corrected chi connectivity index (χ0v) is 22.9. The second-order valence-electron chi connectivity index (χ2n) is 9.65. The number of carboxylic acid groups (broad SMARTS) is 1. The van der Waals surface area contributed by atoms with Gasteiger partial charge in [-0.2, -0.15) is 4.98 Å². The highest BCUT2D eigenvalue weighted by Gasteiger charge is 2.41. The fraction of sp³-hybridized carbons (Fsp3) is 0.357. The van der Waals surface area contributed by atoms with Crippen molar-refractivity contribution in [1.29, 1.82) is 0 Å². The molecule has 11 heteroatoms. The maximum Gasteiger partial charge on any atom is 0.305 e. The van der Waals surface area contributed by atoms with Crippen molar-refractivity contribution in [2.24, 2.45) is 0 Å². The number of rotatable bonds is 13. The molecule has 2 aromatic carbocycles. The van der Waals surface area contributed by atoms with E-state index in [0.29, 0.717) is 70.4 Å². The number of ether oxygens (including phenoxy) is 3. The molecule has 0 bridgehead atoms. The summed E-state index contributed by atoms with van der Waals surface area (Å²) in [6.07, 6.45) is 4.03. The molecule has 39 heavy (non-hydrogen) atoms. The van der Waals surface area contributed by atoms with E-state index in [4.69, 9.17) is 47.5 Å². The van der Waals surface area contributed by atoms with Gasteiger partial charge in [-0.05, 0) is 55.7 Å². The van der Waals surface area contributed by atoms with Gasteiger partial charge in [0.15, 0.2) is 11.2 Å². The Morgan fingerprint density at radius 2 is 1.95 bits per heavy atom. The van der Waals surface area contributed by atoms with Crippen molar-refractivity contribution in [3.63, 3.8) is 0 Å². The highest BCUT2D eigenvalue weighted by atomic mass is 35.5. The first kappa shape index (κ1) is 27.2. The van der Waals surface area contributed by atoms with Gasteiger partial charge < -0.3 is 23.9 Å². The minimum Gasteiger partial charge on any atom is -0.493 e. The van der Waals surface area contributed by atoms with E-state index in [2.05, 4.69) is 16.9 Å². The fourth-order valence-corrected chi connectivity index (χ4v) is 4.52. The molecule has 2 heterocycles. The van der Waals surface area contributed by atoms with E-state index in [9.17, 15) is 4.79 Å². The molecule has 0 aliphatic heterocycles. The van der Waals surface area contributed by atoms with E-state index < -0.39 is 5.97 Å². The van der Waals surface area contributed by atoms with Crippen LogP contribution in [0.4, 0.5) is 0 Å². The minimum absolute atomic E-state index is 0.0153. The number of hydrogen-bond donors (Lipinski definition) is 1. The summed E-state index contributed by atoms with van der Waals surface area (Å²) in [4.78, 5) is 24.4. The number of nitrogens with zero attached hydrogens (tertiary/aromatic N) is 4. The van der Waals surface area contributed by atoms with Gasteiger partial charge in [-0.25, -0.2) is 9.97 Å². The van der Waals surface area contributed by atoms with Gasteiger partial charge in [0.25, 0.3) is 0 Å². The summed E-state index contributed by atoms with van der Waals surface area (Å²) in [7, 11) is 0. The molecule has 4 aromatic rings. The molecule has 1 aliphatic carbocycles. The van der Waals surface area contributed by atoms with Crippen LogP contribution in [0.25, 0.3) is 22.6 Å². The number of fused-ring (bicyclic) bond motifs is 1. The van der Waals surface area contributed by atoms with Gasteiger partial charge >= 0.3 is 5.97 Å². The zero-order valence-electron chi connectivity index (χ0n) is 21.4. The first-order valence-electron chi connectivity index (χ1n) is 12.7. The predicted molar refractivity (Wildman–Crippen MR) is 148 cm³/mol. The van der Waals surface area contributed by atoms with Crippen LogP contribution in [0.5, 0.6) is 11.6 Å². The van der Waals surface area contributed by atoms with E-state index in [1.54, 1.807) is 6.07 Å². The smallest absolute Gasteiger partial charge is 0.305 e. The molecular formula is C28H28Cl2N4O5. The Labute approximate surface area is 235 Å². The van der Waals surface area contributed by atoms with Crippen LogP contribution in [-0.2, 0) is 16.1 Å². The third-order valence-corrected chi connectivity index (χ3v) is 6.92. The zero-order chi connectivity index (χ0) is 27.4. The van der Waals surface area contributed by atoms with Gasteiger partial charge in [0.2, 0.25) is 5.88 Å². The maximum absolute atomic E-state index is 10.5. The second-order valence-corrected chi connectivity index (χ2v) is 10.5. The molecule has 0 spiro atoms. The average Bonchev–Trinajstić information content (AvgIpc) is 3.51. The molecule has 1 N–H and O–H groups in total. The summed E-state index contributed by atoms with van der Waals surface area (Å²) < 4.78 is 19.3. The van der Waals surface area contributed by atoms with Crippen molar-refractivity contribution in [1.82, 2.24) is 19.5 Å². The van der Waals surface area contributed by atoms with Crippen molar-refractivity contribution < 1.29 is 24.1 Å². The van der Waals surface area contributed by atoms with Crippen molar-refractivity contribution >= 4 is 40.3 Å². The molecule has 0 amide bonds. The Kier molecular flexibility index (Phi) is 8.20. The van der Waals surface area contributed by atoms with Crippen molar-refractivity contribution in [2.45, 2.75) is 44.8 Å². The number of aliphatic carboxylic acids is 1. The van der Waals surface area contributed by atoms with Gasteiger partial charge in [0.05, 0.1) is 31.2 Å². The lowest BCUT2D eigenvalue weighted by Crippen LogP contribution is -2.13. The van der Waals surface area contributed by atoms with Gasteiger partial charge in [-0.15, -0.1) is 0 Å². The summed E-state index contributed by atoms with van der Waals surface area (Å²) in [5.74, 6) is 0.805. The predicted octanol–water partition coefficient (Wildman–Crippen LogP) is 6.04. The molecule has 1 fully saturated rings. The van der Waals surface area contributed by atoms with Crippen LogP contribution in [-0.4, -0.2) is 56.0 Å². The molecule has 5 rings (SSSR count).